The summed E-state index contributed by atoms with van der Waals surface area (Å²) in [6.45, 7) is 0. The Morgan fingerprint density at radius 3 is 2.54 bits per heavy atom. The van der Waals surface area contributed by atoms with Crippen LogP contribution in [0.25, 0.3) is 0 Å². The highest BCUT2D eigenvalue weighted by Crippen LogP contribution is 2.22. The average molecular weight is 327 g/mol. The predicted molar refractivity (Wildman–Crippen MR) is 82.9 cm³/mol. The Bertz CT molecular complexity index is 852. The molecule has 0 aliphatic carbocycles. The lowest BCUT2D eigenvalue weighted by Crippen LogP contribution is -2.12. The summed E-state index contributed by atoms with van der Waals surface area (Å²) in [6.07, 6.45) is 4.45. The molecule has 0 spiro atoms. The van der Waals surface area contributed by atoms with E-state index in [0.717, 1.165) is 12.1 Å². The third-order valence-corrected chi connectivity index (χ3v) is 2.98. The molecule has 1 heterocycles. The molecule has 120 valence electrons. The fourth-order valence-corrected chi connectivity index (χ4v) is 1.98. The zero-order chi connectivity index (χ0) is 16.9. The topological polar surface area (TPSA) is 64.1 Å². The summed E-state index contributed by atoms with van der Waals surface area (Å²) in [6, 6.07) is 9.13. The van der Waals surface area contributed by atoms with Crippen molar-refractivity contribution in [3.63, 3.8) is 0 Å². The Labute approximate surface area is 136 Å². The first-order valence-corrected chi connectivity index (χ1v) is 6.91. The van der Waals surface area contributed by atoms with Crippen molar-refractivity contribution in [3.8, 4) is 11.6 Å². The first-order valence-electron chi connectivity index (χ1n) is 6.91. The van der Waals surface area contributed by atoms with Crippen molar-refractivity contribution in [2.45, 2.75) is 0 Å². The van der Waals surface area contributed by atoms with E-state index in [1.54, 1.807) is 24.3 Å². The van der Waals surface area contributed by atoms with E-state index in [1.165, 1.54) is 18.6 Å². The highest BCUT2D eigenvalue weighted by atomic mass is 19.1. The van der Waals surface area contributed by atoms with Crippen molar-refractivity contribution in [1.82, 2.24) is 9.97 Å². The van der Waals surface area contributed by atoms with Gasteiger partial charge in [0.1, 0.15) is 17.4 Å². The Morgan fingerprint density at radius 2 is 1.83 bits per heavy atom. The van der Waals surface area contributed by atoms with E-state index in [2.05, 4.69) is 15.3 Å². The Kier molecular flexibility index (Phi) is 4.42. The minimum atomic E-state index is -0.820. The van der Waals surface area contributed by atoms with Crippen LogP contribution in [0.1, 0.15) is 10.4 Å². The Morgan fingerprint density at radius 1 is 1.04 bits per heavy atom. The number of hydrogen-bond donors (Lipinski definition) is 1. The number of nitrogens with zero attached hydrogens (tertiary/aromatic N) is 2. The second-order valence-corrected chi connectivity index (χ2v) is 4.79. The van der Waals surface area contributed by atoms with Gasteiger partial charge in [-0.1, -0.05) is 6.07 Å². The number of rotatable bonds is 4. The number of amides is 1. The SMILES string of the molecule is O=C(Nc1cccc(Oc2cnccn2)c1)c1cc(F)cc(F)c1. The van der Waals surface area contributed by atoms with Crippen molar-refractivity contribution >= 4 is 11.6 Å². The van der Waals surface area contributed by atoms with Gasteiger partial charge < -0.3 is 10.1 Å². The van der Waals surface area contributed by atoms with Crippen molar-refractivity contribution < 1.29 is 18.3 Å². The quantitative estimate of drug-likeness (QED) is 0.791. The number of nitrogens with one attached hydrogen (secondary N) is 1. The first-order chi connectivity index (χ1) is 11.6. The van der Waals surface area contributed by atoms with E-state index < -0.39 is 17.5 Å². The molecule has 1 amide bonds. The lowest BCUT2D eigenvalue weighted by molar-refractivity contribution is 0.102. The minimum absolute atomic E-state index is 0.118. The number of carbonyl (C=O) groups excluding carboxylic acids is 1. The summed E-state index contributed by atoms with van der Waals surface area (Å²) in [5.41, 5.74) is 0.291. The van der Waals surface area contributed by atoms with Crippen LogP contribution in [0.4, 0.5) is 14.5 Å². The van der Waals surface area contributed by atoms with Gasteiger partial charge in [-0.25, -0.2) is 13.8 Å². The maximum Gasteiger partial charge on any atom is 0.255 e. The van der Waals surface area contributed by atoms with Crippen molar-refractivity contribution in [2.75, 3.05) is 5.32 Å². The summed E-state index contributed by atoms with van der Waals surface area (Å²) in [7, 11) is 0. The van der Waals surface area contributed by atoms with Crippen LogP contribution in [0.3, 0.4) is 0 Å². The minimum Gasteiger partial charge on any atom is -0.437 e. The fraction of sp³-hybridized carbons (Fsp3) is 0. The third-order valence-electron chi connectivity index (χ3n) is 2.98. The normalized spacial score (nSPS) is 10.2. The van der Waals surface area contributed by atoms with Gasteiger partial charge in [0, 0.05) is 35.8 Å². The van der Waals surface area contributed by atoms with Crippen LogP contribution in [0.15, 0.2) is 61.1 Å². The van der Waals surface area contributed by atoms with Crippen molar-refractivity contribution in [2.24, 2.45) is 0 Å². The van der Waals surface area contributed by atoms with E-state index in [1.807, 2.05) is 0 Å². The molecule has 5 nitrogen and oxygen atoms in total. The van der Waals surface area contributed by atoms with Gasteiger partial charge in [-0.2, -0.15) is 0 Å². The van der Waals surface area contributed by atoms with Crippen LogP contribution in [0.5, 0.6) is 11.6 Å². The van der Waals surface area contributed by atoms with Crippen LogP contribution in [-0.4, -0.2) is 15.9 Å². The molecule has 3 rings (SSSR count). The van der Waals surface area contributed by atoms with Gasteiger partial charge in [0.25, 0.3) is 5.91 Å². The number of carbonyl (C=O) groups is 1. The molecule has 2 aromatic carbocycles. The van der Waals surface area contributed by atoms with Crippen LogP contribution < -0.4 is 10.1 Å². The highest BCUT2D eigenvalue weighted by Gasteiger charge is 2.10. The van der Waals surface area contributed by atoms with Crippen LogP contribution in [-0.2, 0) is 0 Å². The summed E-state index contributed by atoms with van der Waals surface area (Å²) in [5, 5.41) is 2.55. The van der Waals surface area contributed by atoms with Crippen LogP contribution in [0.2, 0.25) is 0 Å². The molecule has 0 bridgehead atoms. The van der Waals surface area contributed by atoms with Gasteiger partial charge in [0.15, 0.2) is 0 Å². The maximum absolute atomic E-state index is 13.2. The molecule has 0 atom stereocenters. The Balaban J connectivity index is 1.75. The molecule has 3 aromatic rings. The summed E-state index contributed by atoms with van der Waals surface area (Å²) in [4.78, 5) is 19.9. The second kappa shape index (κ2) is 6.82. The molecule has 1 N–H and O–H groups in total. The van der Waals surface area contributed by atoms with E-state index >= 15 is 0 Å². The summed E-state index contributed by atoms with van der Waals surface area (Å²) < 4.78 is 31.9. The summed E-state index contributed by atoms with van der Waals surface area (Å²) >= 11 is 0. The third kappa shape index (κ3) is 3.89. The molecule has 0 unspecified atom stereocenters. The molecule has 0 aliphatic rings. The van der Waals surface area contributed by atoms with Crippen LogP contribution >= 0.6 is 0 Å². The lowest BCUT2D eigenvalue weighted by atomic mass is 10.2. The molecule has 1 aromatic heterocycles. The largest absolute Gasteiger partial charge is 0.437 e. The van der Waals surface area contributed by atoms with Gasteiger partial charge in [-0.3, -0.25) is 9.78 Å². The highest BCUT2D eigenvalue weighted by molar-refractivity contribution is 6.04. The maximum atomic E-state index is 13.2. The van der Waals surface area contributed by atoms with Crippen molar-refractivity contribution in [3.05, 3.63) is 78.3 Å². The van der Waals surface area contributed by atoms with E-state index in [-0.39, 0.29) is 5.56 Å². The van der Waals surface area contributed by atoms with Gasteiger partial charge in [0.2, 0.25) is 5.88 Å². The number of ether oxygens (including phenoxy) is 1. The number of halogens is 2. The standard InChI is InChI=1S/C17H11F2N3O2/c18-12-6-11(7-13(19)8-12)17(23)22-14-2-1-3-15(9-14)24-16-10-20-4-5-21-16/h1-10H,(H,22,23). The number of hydrogen-bond acceptors (Lipinski definition) is 4. The van der Waals surface area contributed by atoms with E-state index in [4.69, 9.17) is 4.74 Å². The number of anilines is 1. The van der Waals surface area contributed by atoms with E-state index in [9.17, 15) is 13.6 Å². The van der Waals surface area contributed by atoms with Gasteiger partial charge >= 0.3 is 0 Å². The smallest absolute Gasteiger partial charge is 0.255 e. The fourth-order valence-electron chi connectivity index (χ4n) is 1.98. The van der Waals surface area contributed by atoms with Crippen LogP contribution in [0, 0.1) is 11.6 Å². The number of benzene rings is 2. The molecule has 0 radical (unpaired) electrons. The Hall–Kier alpha value is -3.35. The molecular formula is C17H11F2N3O2. The molecule has 0 saturated heterocycles. The monoisotopic (exact) mass is 327 g/mol. The van der Waals surface area contributed by atoms with Gasteiger partial charge in [-0.05, 0) is 24.3 Å². The molecule has 24 heavy (non-hydrogen) atoms. The zero-order valence-corrected chi connectivity index (χ0v) is 12.2. The summed E-state index contributed by atoms with van der Waals surface area (Å²) in [5.74, 6) is -1.54. The first kappa shape index (κ1) is 15.5. The molecular weight excluding hydrogens is 316 g/mol. The molecule has 7 heteroatoms. The van der Waals surface area contributed by atoms with Gasteiger partial charge in [0.05, 0.1) is 6.20 Å². The molecule has 0 fully saturated rings. The zero-order valence-electron chi connectivity index (χ0n) is 12.2. The van der Waals surface area contributed by atoms with E-state index in [0.29, 0.717) is 23.4 Å². The number of aromatic nitrogens is 2. The second-order valence-electron chi connectivity index (χ2n) is 4.79. The average Bonchev–Trinajstić information content (AvgIpc) is 2.55. The van der Waals surface area contributed by atoms with Gasteiger partial charge in [-0.15, -0.1) is 0 Å². The molecule has 0 aliphatic heterocycles. The molecule has 0 saturated carbocycles. The predicted octanol–water partition coefficient (Wildman–Crippen LogP) is 3.80. The van der Waals surface area contributed by atoms with Crippen molar-refractivity contribution in [1.29, 1.82) is 0 Å². The lowest BCUT2D eigenvalue weighted by Gasteiger charge is -2.08.